The van der Waals surface area contributed by atoms with Gasteiger partial charge in [0, 0.05) is 0 Å². The minimum absolute atomic E-state index is 0.486. The van der Waals surface area contributed by atoms with Gasteiger partial charge in [0.25, 0.3) is 0 Å². The molecule has 0 saturated carbocycles. The van der Waals surface area contributed by atoms with Crippen LogP contribution in [0.3, 0.4) is 0 Å². The van der Waals surface area contributed by atoms with Crippen LogP contribution in [0.4, 0.5) is 43.9 Å². The van der Waals surface area contributed by atoms with Gasteiger partial charge in [-0.15, -0.1) is 0 Å². The molecule has 0 atom stereocenters. The molecule has 0 N–H and O–H groups in total. The SMILES string of the molecule is FC(F)(F)C(F)(F)C#[C][Hg][C]#CC(F)(F)C(F)(F)F. The summed E-state index contributed by atoms with van der Waals surface area (Å²) in [5, 5.41) is 0. The second kappa shape index (κ2) is 5.77. The van der Waals surface area contributed by atoms with Gasteiger partial charge >= 0.3 is 111 Å². The van der Waals surface area contributed by atoms with Crippen molar-refractivity contribution in [3.63, 3.8) is 0 Å². The van der Waals surface area contributed by atoms with Gasteiger partial charge in [-0.3, -0.25) is 0 Å². The van der Waals surface area contributed by atoms with Crippen LogP contribution in [0.25, 0.3) is 0 Å². The van der Waals surface area contributed by atoms with E-state index in [9.17, 15) is 43.9 Å². The minimum atomic E-state index is -5.93. The number of halogens is 10. The van der Waals surface area contributed by atoms with Crippen LogP contribution in [0.2, 0.25) is 0 Å². The molecule has 0 aromatic rings. The van der Waals surface area contributed by atoms with E-state index in [2.05, 4.69) is 0 Å². The molecule has 0 rings (SSSR count). The molecule has 0 nitrogen and oxygen atoms in total. The first-order valence-corrected chi connectivity index (χ1v) is 9.59. The fourth-order valence-corrected chi connectivity index (χ4v) is 3.25. The van der Waals surface area contributed by atoms with E-state index in [4.69, 9.17) is 0 Å². The molecule has 0 radical (unpaired) electrons. The van der Waals surface area contributed by atoms with Crippen molar-refractivity contribution >= 4 is 0 Å². The molecule has 0 aromatic heterocycles. The number of hydrogen-bond donors (Lipinski definition) is 0. The summed E-state index contributed by atoms with van der Waals surface area (Å²) in [6, 6.07) is 0. The number of hydrogen-bond acceptors (Lipinski definition) is 0. The molecular weight excluding hydrogens is 487 g/mol. The molecule has 0 heterocycles. The predicted molar refractivity (Wildman–Crippen MR) is 37.6 cm³/mol. The summed E-state index contributed by atoms with van der Waals surface area (Å²) in [6.45, 7) is 0. The van der Waals surface area contributed by atoms with Crippen molar-refractivity contribution < 1.29 is 68.5 Å². The molecule has 11 heteroatoms. The molecule has 0 unspecified atom stereocenters. The molecule has 104 valence electrons. The molecule has 0 aliphatic rings. The molecule has 0 aliphatic carbocycles. The fraction of sp³-hybridized carbons (Fsp3) is 0.500. The van der Waals surface area contributed by atoms with Gasteiger partial charge in [-0.2, -0.15) is 0 Å². The van der Waals surface area contributed by atoms with Crippen molar-refractivity contribution in [1.82, 2.24) is 0 Å². The molecular formula is C8F10Hg. The normalized spacial score (nSPS) is 12.7. The van der Waals surface area contributed by atoms with Crippen molar-refractivity contribution in [2.45, 2.75) is 24.2 Å². The summed E-state index contributed by atoms with van der Waals surface area (Å²) in [6.07, 6.45) is -11.9. The molecule has 0 spiro atoms. The average Bonchev–Trinajstić information content (AvgIpc) is 2.12. The van der Waals surface area contributed by atoms with E-state index >= 15 is 0 Å². The third-order valence-corrected chi connectivity index (χ3v) is 4.13. The third kappa shape index (κ3) is 5.47. The van der Waals surface area contributed by atoms with E-state index in [1.54, 1.807) is 0 Å². The van der Waals surface area contributed by atoms with E-state index in [0.29, 0.717) is 11.8 Å². The van der Waals surface area contributed by atoms with Crippen LogP contribution in [0.15, 0.2) is 0 Å². The maximum atomic E-state index is 12.1. The molecule has 0 aromatic carbocycles. The topological polar surface area (TPSA) is 0 Å². The van der Waals surface area contributed by atoms with Crippen LogP contribution in [0.1, 0.15) is 0 Å². The molecule has 0 aliphatic heterocycles. The fourth-order valence-electron chi connectivity index (χ4n) is 0.496. The first kappa shape index (κ1) is 18.4. The number of rotatable bonds is 0. The zero-order chi connectivity index (χ0) is 15.5. The van der Waals surface area contributed by atoms with Gasteiger partial charge in [-0.1, -0.05) is 0 Å². The van der Waals surface area contributed by atoms with Crippen molar-refractivity contribution in [3.8, 4) is 18.7 Å². The molecule has 0 bridgehead atoms. The van der Waals surface area contributed by atoms with Gasteiger partial charge in [0.05, 0.1) is 0 Å². The summed E-state index contributed by atoms with van der Waals surface area (Å²) in [5.74, 6) is -9.69. The Morgan fingerprint density at radius 2 is 0.789 bits per heavy atom. The van der Waals surface area contributed by atoms with Gasteiger partial charge in [0.15, 0.2) is 0 Å². The zero-order valence-corrected chi connectivity index (χ0v) is 14.0. The summed E-state index contributed by atoms with van der Waals surface area (Å²) in [4.78, 5) is 0. The Hall–Kier alpha value is -0.645. The quantitative estimate of drug-likeness (QED) is 0.280. The summed E-state index contributed by atoms with van der Waals surface area (Å²) >= 11 is -3.30. The van der Waals surface area contributed by atoms with Crippen LogP contribution in [-0.2, 0) is 24.6 Å². The Bertz CT molecular complexity index is 393. The summed E-state index contributed by atoms with van der Waals surface area (Å²) in [7, 11) is 0. The van der Waals surface area contributed by atoms with Crippen LogP contribution in [0.5, 0.6) is 0 Å². The van der Waals surface area contributed by atoms with E-state index in [1.165, 1.54) is 6.86 Å². The Balaban J connectivity index is 4.76. The second-order valence-electron chi connectivity index (χ2n) is 2.92. The Morgan fingerprint density at radius 1 is 0.526 bits per heavy atom. The third-order valence-electron chi connectivity index (χ3n) is 1.38. The van der Waals surface area contributed by atoms with E-state index in [0.717, 1.165) is 0 Å². The first-order chi connectivity index (χ1) is 8.21. The van der Waals surface area contributed by atoms with E-state index in [-0.39, 0.29) is 0 Å². The molecule has 19 heavy (non-hydrogen) atoms. The van der Waals surface area contributed by atoms with Crippen molar-refractivity contribution in [2.24, 2.45) is 0 Å². The second-order valence-corrected chi connectivity index (χ2v) is 7.05. The Morgan fingerprint density at radius 3 is 1.00 bits per heavy atom. The van der Waals surface area contributed by atoms with Gasteiger partial charge in [-0.25, -0.2) is 0 Å². The van der Waals surface area contributed by atoms with Crippen molar-refractivity contribution in [1.29, 1.82) is 0 Å². The van der Waals surface area contributed by atoms with Gasteiger partial charge in [0.2, 0.25) is 0 Å². The van der Waals surface area contributed by atoms with E-state index < -0.39 is 48.8 Å². The van der Waals surface area contributed by atoms with Gasteiger partial charge in [-0.05, 0) is 0 Å². The monoisotopic (exact) mass is 488 g/mol. The summed E-state index contributed by atoms with van der Waals surface area (Å²) in [5.41, 5.74) is 0. The zero-order valence-electron chi connectivity index (χ0n) is 8.49. The standard InChI is InChI=1S/2C4F5.Hg/c2*1-2-3(5,6)4(7,8)9;. The van der Waals surface area contributed by atoms with Gasteiger partial charge in [0.1, 0.15) is 0 Å². The summed E-state index contributed by atoms with van der Waals surface area (Å²) < 4.78 is 120. The molecule has 0 amide bonds. The molecule has 0 fully saturated rings. The van der Waals surface area contributed by atoms with Crippen LogP contribution in [0, 0.1) is 18.7 Å². The Kier molecular flexibility index (Phi) is 5.58. The Labute approximate surface area is 112 Å². The predicted octanol–water partition coefficient (Wildman–Crippen LogP) is 3.39. The van der Waals surface area contributed by atoms with Gasteiger partial charge < -0.3 is 0 Å². The maximum absolute atomic E-state index is 12.1. The average molecular weight is 487 g/mol. The first-order valence-electron chi connectivity index (χ1n) is 4.10. The molecule has 0 saturated heterocycles. The van der Waals surface area contributed by atoms with Crippen LogP contribution < -0.4 is 0 Å². The van der Waals surface area contributed by atoms with Crippen molar-refractivity contribution in [3.05, 3.63) is 0 Å². The van der Waals surface area contributed by atoms with Crippen LogP contribution >= 0.6 is 0 Å². The van der Waals surface area contributed by atoms with Crippen LogP contribution in [-0.4, -0.2) is 24.2 Å². The number of alkyl halides is 10. The van der Waals surface area contributed by atoms with Crippen molar-refractivity contribution in [2.75, 3.05) is 0 Å². The van der Waals surface area contributed by atoms with E-state index in [1.807, 2.05) is 0 Å².